The largest absolute Gasteiger partial charge is 0.345 e. The second-order valence-corrected chi connectivity index (χ2v) is 5.46. The highest BCUT2D eigenvalue weighted by atomic mass is 35.5. The number of amides is 1. The van der Waals surface area contributed by atoms with Gasteiger partial charge in [0.1, 0.15) is 5.15 Å². The maximum absolute atomic E-state index is 12.1. The number of nitrogens with zero attached hydrogens (tertiary/aromatic N) is 1. The van der Waals surface area contributed by atoms with Crippen LogP contribution in [-0.2, 0) is 0 Å². The molecule has 1 unspecified atom stereocenters. The molecule has 1 atom stereocenters. The molecule has 0 saturated heterocycles. The van der Waals surface area contributed by atoms with Crippen molar-refractivity contribution in [3.8, 4) is 0 Å². The van der Waals surface area contributed by atoms with Crippen LogP contribution < -0.4 is 5.32 Å². The van der Waals surface area contributed by atoms with Crippen LogP contribution in [0.5, 0.6) is 0 Å². The molecule has 0 spiro atoms. The first-order valence-electron chi connectivity index (χ1n) is 5.84. The molecule has 0 fully saturated rings. The molecular formula is C14H11Cl3N2O. The van der Waals surface area contributed by atoms with Crippen LogP contribution in [0.1, 0.15) is 28.9 Å². The van der Waals surface area contributed by atoms with E-state index in [9.17, 15) is 4.79 Å². The lowest BCUT2D eigenvalue weighted by atomic mass is 10.1. The van der Waals surface area contributed by atoms with Gasteiger partial charge in [0.15, 0.2) is 0 Å². The van der Waals surface area contributed by atoms with Gasteiger partial charge in [-0.3, -0.25) is 4.79 Å². The molecule has 0 radical (unpaired) electrons. The van der Waals surface area contributed by atoms with E-state index in [0.717, 1.165) is 5.56 Å². The van der Waals surface area contributed by atoms with Crippen molar-refractivity contribution in [3.63, 3.8) is 0 Å². The van der Waals surface area contributed by atoms with Gasteiger partial charge in [-0.1, -0.05) is 40.9 Å². The highest BCUT2D eigenvalue weighted by Crippen LogP contribution is 2.26. The summed E-state index contributed by atoms with van der Waals surface area (Å²) < 4.78 is 0. The summed E-state index contributed by atoms with van der Waals surface area (Å²) in [6.45, 7) is 1.84. The number of pyridine rings is 1. The van der Waals surface area contributed by atoms with E-state index in [4.69, 9.17) is 34.8 Å². The van der Waals surface area contributed by atoms with Crippen LogP contribution in [-0.4, -0.2) is 10.9 Å². The van der Waals surface area contributed by atoms with Crippen LogP contribution >= 0.6 is 34.8 Å². The highest BCUT2D eigenvalue weighted by Gasteiger charge is 2.14. The maximum Gasteiger partial charge on any atom is 0.251 e. The van der Waals surface area contributed by atoms with E-state index >= 15 is 0 Å². The normalized spacial score (nSPS) is 12.0. The summed E-state index contributed by atoms with van der Waals surface area (Å²) in [4.78, 5) is 15.9. The predicted molar refractivity (Wildman–Crippen MR) is 81.6 cm³/mol. The molecule has 3 nitrogen and oxygen atoms in total. The Bertz CT molecular complexity index is 646. The number of nitrogens with one attached hydrogen (secondary N) is 1. The minimum absolute atomic E-state index is 0.243. The van der Waals surface area contributed by atoms with Gasteiger partial charge in [0, 0.05) is 21.8 Å². The Labute approximate surface area is 131 Å². The first-order valence-corrected chi connectivity index (χ1v) is 6.98. The van der Waals surface area contributed by atoms with Crippen molar-refractivity contribution in [2.45, 2.75) is 13.0 Å². The van der Waals surface area contributed by atoms with Crippen molar-refractivity contribution in [2.75, 3.05) is 0 Å². The Morgan fingerprint density at radius 3 is 2.60 bits per heavy atom. The first-order chi connectivity index (χ1) is 9.47. The first kappa shape index (κ1) is 15.1. The molecule has 0 saturated carbocycles. The monoisotopic (exact) mass is 328 g/mol. The Balaban J connectivity index is 2.15. The van der Waals surface area contributed by atoms with Gasteiger partial charge in [0.2, 0.25) is 0 Å². The van der Waals surface area contributed by atoms with Crippen molar-refractivity contribution in [1.29, 1.82) is 0 Å². The molecule has 1 aromatic heterocycles. The van der Waals surface area contributed by atoms with Gasteiger partial charge in [-0.05, 0) is 36.8 Å². The standard InChI is InChI=1S/C14H11Cl3N2O/c1-8(11-3-2-10(15)7-12(11)16)19-14(20)9-4-5-18-13(17)6-9/h2-8H,1H3,(H,19,20). The number of rotatable bonds is 3. The highest BCUT2D eigenvalue weighted by molar-refractivity contribution is 6.35. The van der Waals surface area contributed by atoms with Gasteiger partial charge in [0.05, 0.1) is 6.04 Å². The van der Waals surface area contributed by atoms with Gasteiger partial charge in [-0.2, -0.15) is 0 Å². The van der Waals surface area contributed by atoms with Crippen LogP contribution in [0.25, 0.3) is 0 Å². The zero-order valence-electron chi connectivity index (χ0n) is 10.5. The van der Waals surface area contributed by atoms with Crippen molar-refractivity contribution < 1.29 is 4.79 Å². The summed E-state index contributed by atoms with van der Waals surface area (Å²) in [5, 5.41) is 4.19. The van der Waals surface area contributed by atoms with E-state index in [1.807, 2.05) is 6.92 Å². The van der Waals surface area contributed by atoms with E-state index in [1.54, 1.807) is 24.3 Å². The maximum atomic E-state index is 12.1. The van der Waals surface area contributed by atoms with Gasteiger partial charge in [0.25, 0.3) is 5.91 Å². The zero-order chi connectivity index (χ0) is 14.7. The summed E-state index contributed by atoms with van der Waals surface area (Å²) in [6, 6.07) is 8.01. The summed E-state index contributed by atoms with van der Waals surface area (Å²) in [7, 11) is 0. The molecule has 1 amide bonds. The topological polar surface area (TPSA) is 42.0 Å². The fourth-order valence-corrected chi connectivity index (χ4v) is 2.50. The molecule has 2 aromatic rings. The van der Waals surface area contributed by atoms with Gasteiger partial charge in [-0.25, -0.2) is 4.98 Å². The minimum Gasteiger partial charge on any atom is -0.345 e. The van der Waals surface area contributed by atoms with Crippen LogP contribution in [0.3, 0.4) is 0 Å². The number of halogens is 3. The average Bonchev–Trinajstić information content (AvgIpc) is 2.38. The summed E-state index contributed by atoms with van der Waals surface area (Å²) in [5.74, 6) is -0.243. The SMILES string of the molecule is CC(NC(=O)c1ccnc(Cl)c1)c1ccc(Cl)cc1Cl. The molecule has 104 valence electrons. The second kappa shape index (κ2) is 6.44. The molecule has 2 rings (SSSR count). The molecule has 1 aromatic carbocycles. The molecule has 1 N–H and O–H groups in total. The molecule has 0 bridgehead atoms. The zero-order valence-corrected chi connectivity index (χ0v) is 12.8. The molecule has 0 aliphatic carbocycles. The van der Waals surface area contributed by atoms with E-state index in [1.165, 1.54) is 12.3 Å². The molecule has 20 heavy (non-hydrogen) atoms. The van der Waals surface area contributed by atoms with Crippen LogP contribution in [0.15, 0.2) is 36.5 Å². The van der Waals surface area contributed by atoms with Crippen LogP contribution in [0.2, 0.25) is 15.2 Å². The van der Waals surface area contributed by atoms with E-state index < -0.39 is 0 Å². The number of carbonyl (C=O) groups excluding carboxylic acids is 1. The van der Waals surface area contributed by atoms with Crippen molar-refractivity contribution in [3.05, 3.63) is 62.9 Å². The average molecular weight is 330 g/mol. The quantitative estimate of drug-likeness (QED) is 0.840. The third kappa shape index (κ3) is 3.63. The van der Waals surface area contributed by atoms with Gasteiger partial charge < -0.3 is 5.32 Å². The van der Waals surface area contributed by atoms with Crippen molar-refractivity contribution in [2.24, 2.45) is 0 Å². The number of carbonyl (C=O) groups is 1. The van der Waals surface area contributed by atoms with Gasteiger partial charge in [-0.15, -0.1) is 0 Å². The third-order valence-electron chi connectivity index (χ3n) is 2.77. The molecular weight excluding hydrogens is 319 g/mol. The van der Waals surface area contributed by atoms with Crippen molar-refractivity contribution in [1.82, 2.24) is 10.3 Å². The fraction of sp³-hybridized carbons (Fsp3) is 0.143. The third-order valence-corrected chi connectivity index (χ3v) is 3.53. The lowest BCUT2D eigenvalue weighted by molar-refractivity contribution is 0.0940. The molecule has 1 heterocycles. The fourth-order valence-electron chi connectivity index (χ4n) is 1.75. The summed E-state index contributed by atoms with van der Waals surface area (Å²) >= 11 is 17.7. The van der Waals surface area contributed by atoms with Crippen molar-refractivity contribution >= 4 is 40.7 Å². The Morgan fingerprint density at radius 2 is 1.95 bits per heavy atom. The van der Waals surface area contributed by atoms with E-state index in [0.29, 0.717) is 15.6 Å². The minimum atomic E-state index is -0.251. The van der Waals surface area contributed by atoms with E-state index in [2.05, 4.69) is 10.3 Å². The summed E-state index contributed by atoms with van der Waals surface area (Å²) in [5.41, 5.74) is 1.24. The summed E-state index contributed by atoms with van der Waals surface area (Å²) in [6.07, 6.45) is 1.48. The Morgan fingerprint density at radius 1 is 1.20 bits per heavy atom. The number of hydrogen-bond acceptors (Lipinski definition) is 2. The lowest BCUT2D eigenvalue weighted by Gasteiger charge is -2.16. The molecule has 6 heteroatoms. The van der Waals surface area contributed by atoms with E-state index in [-0.39, 0.29) is 17.1 Å². The smallest absolute Gasteiger partial charge is 0.251 e. The van der Waals surface area contributed by atoms with Crippen LogP contribution in [0, 0.1) is 0 Å². The predicted octanol–water partition coefficient (Wildman–Crippen LogP) is 4.53. The Kier molecular flexibility index (Phi) is 4.86. The number of aromatic nitrogens is 1. The number of benzene rings is 1. The number of hydrogen-bond donors (Lipinski definition) is 1. The Hall–Kier alpha value is -1.29. The second-order valence-electron chi connectivity index (χ2n) is 4.23. The molecule has 0 aliphatic heterocycles. The van der Waals surface area contributed by atoms with Gasteiger partial charge >= 0.3 is 0 Å². The van der Waals surface area contributed by atoms with Crippen LogP contribution in [0.4, 0.5) is 0 Å². The lowest BCUT2D eigenvalue weighted by Crippen LogP contribution is -2.26. The molecule has 0 aliphatic rings.